The summed E-state index contributed by atoms with van der Waals surface area (Å²) < 4.78 is 2.35. The second kappa shape index (κ2) is 8.25. The number of rotatable bonds is 2. The average Bonchev–Trinajstić information content (AvgIpc) is 2.73. The molecule has 0 saturated heterocycles. The molecular weight excluding hydrogens is 314 g/mol. The summed E-state index contributed by atoms with van der Waals surface area (Å²) in [7, 11) is 0. The van der Waals surface area contributed by atoms with Crippen molar-refractivity contribution in [2.45, 2.75) is 105 Å². The van der Waals surface area contributed by atoms with Crippen LogP contribution in [0.3, 0.4) is 0 Å². The zero-order valence-corrected chi connectivity index (χ0v) is 19.1. The van der Waals surface area contributed by atoms with Gasteiger partial charge in [-0.3, -0.25) is 0 Å². The number of nitrogens with zero attached hydrogens (tertiary/aromatic N) is 3. The largest absolute Gasteiger partial charge is 0.247 e. The van der Waals surface area contributed by atoms with Gasteiger partial charge >= 0.3 is 0 Å². The SMILES string of the molecule is CC(C)(C)CCSC(C)(C)C.CC(C)(C)c1cn(C(C)(C)C)nn1. The molecule has 0 aliphatic rings. The fraction of sp³-hybridized carbons (Fsp3) is 0.900. The van der Waals surface area contributed by atoms with Gasteiger partial charge < -0.3 is 0 Å². The summed E-state index contributed by atoms with van der Waals surface area (Å²) in [5.41, 5.74) is 1.65. The van der Waals surface area contributed by atoms with Gasteiger partial charge in [-0.2, -0.15) is 11.8 Å². The third-order valence-corrected chi connectivity index (χ3v) is 4.61. The summed E-state index contributed by atoms with van der Waals surface area (Å²) in [4.78, 5) is 0. The highest BCUT2D eigenvalue weighted by Gasteiger charge is 2.21. The second-order valence-electron chi connectivity index (χ2n) is 10.7. The molecule has 1 rings (SSSR count). The van der Waals surface area contributed by atoms with Crippen molar-refractivity contribution < 1.29 is 0 Å². The van der Waals surface area contributed by atoms with Crippen LogP contribution in [0.1, 0.15) is 95.2 Å². The fourth-order valence-electron chi connectivity index (χ4n) is 1.60. The van der Waals surface area contributed by atoms with Gasteiger partial charge in [0.1, 0.15) is 0 Å². The van der Waals surface area contributed by atoms with Crippen molar-refractivity contribution in [2.75, 3.05) is 5.75 Å². The Bertz CT molecular complexity index is 434. The van der Waals surface area contributed by atoms with E-state index in [1.165, 1.54) is 12.2 Å². The third kappa shape index (κ3) is 11.1. The normalized spacial score (nSPS) is 13.5. The summed E-state index contributed by atoms with van der Waals surface area (Å²) in [6.45, 7) is 26.5. The Kier molecular flexibility index (Phi) is 8.07. The van der Waals surface area contributed by atoms with Gasteiger partial charge in [0, 0.05) is 16.4 Å². The minimum atomic E-state index is 0.0243. The molecule has 0 amide bonds. The quantitative estimate of drug-likeness (QED) is 0.625. The molecule has 0 atom stereocenters. The van der Waals surface area contributed by atoms with E-state index in [4.69, 9.17) is 0 Å². The van der Waals surface area contributed by atoms with Crippen molar-refractivity contribution >= 4 is 11.8 Å². The summed E-state index contributed by atoms with van der Waals surface area (Å²) in [5, 5.41) is 8.29. The van der Waals surface area contributed by atoms with Crippen LogP contribution < -0.4 is 0 Å². The van der Waals surface area contributed by atoms with Crippen molar-refractivity contribution in [2.24, 2.45) is 5.41 Å². The lowest BCUT2D eigenvalue weighted by Gasteiger charge is -2.22. The highest BCUT2D eigenvalue weighted by molar-refractivity contribution is 8.00. The highest BCUT2D eigenvalue weighted by Crippen LogP contribution is 2.28. The first kappa shape index (κ1) is 23.5. The zero-order valence-electron chi connectivity index (χ0n) is 18.2. The molecule has 0 aliphatic carbocycles. The van der Waals surface area contributed by atoms with Crippen LogP contribution in [0.2, 0.25) is 0 Å². The Hall–Kier alpha value is -0.510. The zero-order chi connectivity index (χ0) is 19.4. The molecule has 1 aromatic rings. The van der Waals surface area contributed by atoms with Crippen LogP contribution in [-0.2, 0) is 11.0 Å². The van der Waals surface area contributed by atoms with Gasteiger partial charge in [0.25, 0.3) is 0 Å². The molecule has 1 aromatic heterocycles. The Morgan fingerprint density at radius 1 is 0.875 bits per heavy atom. The Morgan fingerprint density at radius 3 is 1.62 bits per heavy atom. The first-order chi connectivity index (χ1) is 10.4. The number of aromatic nitrogens is 3. The Morgan fingerprint density at radius 2 is 1.38 bits per heavy atom. The van der Waals surface area contributed by atoms with Gasteiger partial charge in [-0.25, -0.2) is 4.68 Å². The van der Waals surface area contributed by atoms with Crippen LogP contribution in [-0.4, -0.2) is 25.5 Å². The summed E-state index contributed by atoms with van der Waals surface area (Å²) in [6.07, 6.45) is 3.34. The van der Waals surface area contributed by atoms with Gasteiger partial charge in [0.05, 0.1) is 11.2 Å². The molecule has 0 aliphatic heterocycles. The lowest BCUT2D eigenvalue weighted by Crippen LogP contribution is -2.22. The maximum Gasteiger partial charge on any atom is 0.0880 e. The summed E-state index contributed by atoms with van der Waals surface area (Å²) in [5.74, 6) is 1.28. The van der Waals surface area contributed by atoms with Crippen LogP contribution in [0.4, 0.5) is 0 Å². The molecule has 0 bridgehead atoms. The van der Waals surface area contributed by atoms with Gasteiger partial charge in [0.2, 0.25) is 0 Å². The first-order valence-electron chi connectivity index (χ1n) is 8.99. The van der Waals surface area contributed by atoms with Crippen LogP contribution in [0.15, 0.2) is 6.20 Å². The molecule has 0 aromatic carbocycles. The van der Waals surface area contributed by atoms with Crippen molar-refractivity contribution in [3.63, 3.8) is 0 Å². The molecule has 0 spiro atoms. The smallest absolute Gasteiger partial charge is 0.0880 e. The Balaban J connectivity index is 0.000000449. The van der Waals surface area contributed by atoms with E-state index in [1.807, 2.05) is 10.9 Å². The molecular formula is C20H41N3S. The van der Waals surface area contributed by atoms with E-state index in [-0.39, 0.29) is 11.0 Å². The predicted molar refractivity (Wildman–Crippen MR) is 110 cm³/mol. The fourth-order valence-corrected chi connectivity index (χ4v) is 2.93. The molecule has 3 nitrogen and oxygen atoms in total. The minimum Gasteiger partial charge on any atom is -0.247 e. The van der Waals surface area contributed by atoms with Crippen molar-refractivity contribution in [1.82, 2.24) is 15.0 Å². The average molecular weight is 356 g/mol. The van der Waals surface area contributed by atoms with Gasteiger partial charge in [-0.1, -0.05) is 67.5 Å². The minimum absolute atomic E-state index is 0.0243. The summed E-state index contributed by atoms with van der Waals surface area (Å²) in [6, 6.07) is 0. The van der Waals surface area contributed by atoms with E-state index in [0.717, 1.165) is 5.69 Å². The molecule has 24 heavy (non-hydrogen) atoms. The molecule has 0 unspecified atom stereocenters. The van der Waals surface area contributed by atoms with Crippen LogP contribution >= 0.6 is 11.8 Å². The first-order valence-corrected chi connectivity index (χ1v) is 9.98. The van der Waals surface area contributed by atoms with Gasteiger partial charge in [-0.05, 0) is 38.4 Å². The van der Waals surface area contributed by atoms with E-state index in [0.29, 0.717) is 10.2 Å². The van der Waals surface area contributed by atoms with Crippen LogP contribution in [0, 0.1) is 5.41 Å². The Labute approximate surface area is 155 Å². The molecule has 0 N–H and O–H groups in total. The molecule has 142 valence electrons. The van der Waals surface area contributed by atoms with Crippen LogP contribution in [0.25, 0.3) is 0 Å². The number of hydrogen-bond donors (Lipinski definition) is 0. The molecule has 0 saturated carbocycles. The number of hydrogen-bond acceptors (Lipinski definition) is 3. The van der Waals surface area contributed by atoms with Crippen molar-refractivity contribution in [1.29, 1.82) is 0 Å². The van der Waals surface area contributed by atoms with E-state index in [1.54, 1.807) is 0 Å². The van der Waals surface area contributed by atoms with Crippen molar-refractivity contribution in [3.05, 3.63) is 11.9 Å². The summed E-state index contributed by atoms with van der Waals surface area (Å²) >= 11 is 2.06. The van der Waals surface area contributed by atoms with E-state index in [9.17, 15) is 0 Å². The standard InChI is InChI=1S/C10H19N3.C10H22S/c1-9(2,3)8-7-13(12-11-8)10(4,5)6;1-9(2,3)7-8-11-10(4,5)6/h7H,1-6H3;7-8H2,1-6H3. The van der Waals surface area contributed by atoms with E-state index in [2.05, 4.69) is 105 Å². The number of thioether (sulfide) groups is 1. The monoisotopic (exact) mass is 355 g/mol. The predicted octanol–water partition coefficient (Wildman–Crippen LogP) is 6.28. The topological polar surface area (TPSA) is 30.7 Å². The van der Waals surface area contributed by atoms with Gasteiger partial charge in [0.15, 0.2) is 0 Å². The van der Waals surface area contributed by atoms with E-state index < -0.39 is 0 Å². The van der Waals surface area contributed by atoms with E-state index >= 15 is 0 Å². The third-order valence-electron chi connectivity index (χ3n) is 3.34. The highest BCUT2D eigenvalue weighted by atomic mass is 32.2. The maximum atomic E-state index is 4.17. The second-order valence-corrected chi connectivity index (χ2v) is 12.7. The van der Waals surface area contributed by atoms with Crippen molar-refractivity contribution in [3.8, 4) is 0 Å². The molecule has 4 heteroatoms. The molecule has 0 radical (unpaired) electrons. The molecule has 0 fully saturated rings. The maximum absolute atomic E-state index is 4.17. The van der Waals surface area contributed by atoms with Crippen LogP contribution in [0.5, 0.6) is 0 Å². The lowest BCUT2D eigenvalue weighted by atomic mass is 9.93. The lowest BCUT2D eigenvalue weighted by molar-refractivity contribution is 0.346. The molecule has 1 heterocycles. The van der Waals surface area contributed by atoms with Gasteiger partial charge in [-0.15, -0.1) is 5.10 Å².